The van der Waals surface area contributed by atoms with Gasteiger partial charge in [-0.1, -0.05) is 12.1 Å². The van der Waals surface area contributed by atoms with Crippen LogP contribution in [0.25, 0.3) is 11.3 Å². The highest BCUT2D eigenvalue weighted by atomic mass is 32.2. The van der Waals surface area contributed by atoms with E-state index in [1.54, 1.807) is 19.1 Å². The van der Waals surface area contributed by atoms with Crippen LogP contribution in [0, 0.1) is 12.8 Å². The highest BCUT2D eigenvalue weighted by Gasteiger charge is 2.37. The topological polar surface area (TPSA) is 101 Å². The fourth-order valence-electron chi connectivity index (χ4n) is 3.04. The van der Waals surface area contributed by atoms with Gasteiger partial charge < -0.3 is 9.52 Å². The Labute approximate surface area is 146 Å². The molecule has 1 aliphatic heterocycles. The molecule has 0 bridgehead atoms. The molecule has 0 radical (unpaired) electrons. The average Bonchev–Trinajstić information content (AvgIpc) is 3.01. The lowest BCUT2D eigenvalue weighted by atomic mass is 9.96. The highest BCUT2D eigenvalue weighted by Crippen LogP contribution is 2.29. The van der Waals surface area contributed by atoms with E-state index in [4.69, 9.17) is 4.42 Å². The Morgan fingerprint density at radius 1 is 1.28 bits per heavy atom. The highest BCUT2D eigenvalue weighted by molar-refractivity contribution is 7.89. The van der Waals surface area contributed by atoms with E-state index in [1.165, 1.54) is 22.7 Å². The number of aryl methyl sites for hydroxylation is 1. The first-order valence-electron chi connectivity index (χ1n) is 8.06. The van der Waals surface area contributed by atoms with Crippen molar-refractivity contribution in [2.45, 2.75) is 37.6 Å². The Morgan fingerprint density at radius 3 is 2.52 bits per heavy atom. The van der Waals surface area contributed by atoms with Gasteiger partial charge in [-0.15, -0.1) is 0 Å². The molecule has 2 aromatic rings. The van der Waals surface area contributed by atoms with Gasteiger partial charge in [0.25, 0.3) is 0 Å². The first kappa shape index (κ1) is 17.6. The number of carboxylic acid groups (broad SMARTS) is 1. The lowest BCUT2D eigenvalue weighted by Crippen LogP contribution is -2.47. The minimum Gasteiger partial charge on any atom is -0.481 e. The molecule has 3 rings (SSSR count). The predicted molar refractivity (Wildman–Crippen MR) is 90.4 cm³/mol. The van der Waals surface area contributed by atoms with Crippen molar-refractivity contribution in [1.82, 2.24) is 9.29 Å². The molecule has 7 nitrogen and oxygen atoms in total. The number of sulfonamides is 1. The van der Waals surface area contributed by atoms with Gasteiger partial charge in [-0.25, -0.2) is 13.4 Å². The van der Waals surface area contributed by atoms with Crippen LogP contribution < -0.4 is 0 Å². The Balaban J connectivity index is 1.87. The maximum atomic E-state index is 12.9. The average molecular weight is 364 g/mol. The van der Waals surface area contributed by atoms with E-state index in [-0.39, 0.29) is 17.5 Å². The molecular formula is C17H20N2O5S. The quantitative estimate of drug-likeness (QED) is 0.895. The van der Waals surface area contributed by atoms with Gasteiger partial charge in [0.05, 0.1) is 10.8 Å². The van der Waals surface area contributed by atoms with Crippen LogP contribution in [-0.4, -0.2) is 41.4 Å². The number of carbonyl (C=O) groups is 1. The number of aromatic nitrogens is 1. The molecular weight excluding hydrogens is 344 g/mol. The second-order valence-corrected chi connectivity index (χ2v) is 8.20. The number of oxazole rings is 1. The molecule has 1 fully saturated rings. The Hall–Kier alpha value is -2.19. The number of nitrogens with zero attached hydrogens (tertiary/aromatic N) is 2. The van der Waals surface area contributed by atoms with Gasteiger partial charge in [0.2, 0.25) is 10.0 Å². The zero-order chi connectivity index (χ0) is 18.2. The van der Waals surface area contributed by atoms with Crippen LogP contribution in [0.2, 0.25) is 0 Å². The van der Waals surface area contributed by atoms with Crippen molar-refractivity contribution in [2.24, 2.45) is 5.92 Å². The maximum absolute atomic E-state index is 12.9. The van der Waals surface area contributed by atoms with E-state index in [0.717, 1.165) is 5.56 Å². The molecule has 8 heteroatoms. The zero-order valence-electron chi connectivity index (χ0n) is 14.0. The summed E-state index contributed by atoms with van der Waals surface area (Å²) in [5, 5.41) is 9.21. The Kier molecular flexibility index (Phi) is 4.66. The predicted octanol–water partition coefficient (Wildman–Crippen LogP) is 2.52. The number of piperidine rings is 1. The van der Waals surface area contributed by atoms with Crippen LogP contribution >= 0.6 is 0 Å². The van der Waals surface area contributed by atoms with Crippen LogP contribution in [0.4, 0.5) is 0 Å². The van der Waals surface area contributed by atoms with Crippen molar-refractivity contribution in [3.8, 4) is 11.3 Å². The summed E-state index contributed by atoms with van der Waals surface area (Å²) in [5.41, 5.74) is 1.39. The molecule has 134 valence electrons. The third-order valence-electron chi connectivity index (χ3n) is 4.55. The summed E-state index contributed by atoms with van der Waals surface area (Å²) in [5.74, 6) is -1.08. The second-order valence-electron chi connectivity index (χ2n) is 6.31. The van der Waals surface area contributed by atoms with Crippen LogP contribution in [-0.2, 0) is 14.8 Å². The smallest absolute Gasteiger partial charge is 0.307 e. The third-order valence-corrected chi connectivity index (χ3v) is 6.54. The molecule has 0 spiro atoms. The van der Waals surface area contributed by atoms with E-state index in [9.17, 15) is 18.3 Å². The van der Waals surface area contributed by atoms with Crippen LogP contribution in [0.3, 0.4) is 0 Å². The Morgan fingerprint density at radius 2 is 1.96 bits per heavy atom. The first-order chi connectivity index (χ1) is 11.8. The fourth-order valence-corrected chi connectivity index (χ4v) is 4.75. The van der Waals surface area contributed by atoms with Gasteiger partial charge >= 0.3 is 5.97 Å². The lowest BCUT2D eigenvalue weighted by molar-refractivity contribution is -0.143. The Bertz CT molecular complexity index is 873. The summed E-state index contributed by atoms with van der Waals surface area (Å²) in [6.07, 6.45) is 2.54. The summed E-state index contributed by atoms with van der Waals surface area (Å²) in [6.45, 7) is 3.55. The number of aliphatic carboxylic acids is 1. The minimum atomic E-state index is -3.75. The molecule has 2 atom stereocenters. The van der Waals surface area contributed by atoms with E-state index in [0.29, 0.717) is 24.4 Å². The van der Waals surface area contributed by atoms with Gasteiger partial charge in [-0.2, -0.15) is 4.31 Å². The largest absolute Gasteiger partial charge is 0.481 e. The van der Waals surface area contributed by atoms with Crippen molar-refractivity contribution in [3.63, 3.8) is 0 Å². The molecule has 0 saturated carbocycles. The van der Waals surface area contributed by atoms with Gasteiger partial charge in [0, 0.05) is 25.1 Å². The van der Waals surface area contributed by atoms with Crippen molar-refractivity contribution >= 4 is 16.0 Å². The molecule has 2 heterocycles. The van der Waals surface area contributed by atoms with Crippen LogP contribution in [0.5, 0.6) is 0 Å². The van der Waals surface area contributed by atoms with Crippen molar-refractivity contribution in [3.05, 3.63) is 36.4 Å². The normalized spacial score (nSPS) is 22.0. The molecule has 1 aromatic heterocycles. The summed E-state index contributed by atoms with van der Waals surface area (Å²) in [4.78, 5) is 15.6. The van der Waals surface area contributed by atoms with Gasteiger partial charge in [0.15, 0.2) is 5.89 Å². The van der Waals surface area contributed by atoms with Gasteiger partial charge in [-0.05, 0) is 31.9 Å². The molecule has 0 amide bonds. The number of rotatable bonds is 4. The fraction of sp³-hybridized carbons (Fsp3) is 0.412. The number of carboxylic acids is 1. The maximum Gasteiger partial charge on any atom is 0.307 e. The molecule has 1 aliphatic rings. The van der Waals surface area contributed by atoms with Crippen molar-refractivity contribution in [2.75, 3.05) is 6.54 Å². The summed E-state index contributed by atoms with van der Waals surface area (Å²) in [7, 11) is -3.75. The monoisotopic (exact) mass is 364 g/mol. The molecule has 0 aliphatic carbocycles. The summed E-state index contributed by atoms with van der Waals surface area (Å²) in [6, 6.07) is 6.16. The minimum absolute atomic E-state index is 0.00304. The first-order valence-corrected chi connectivity index (χ1v) is 9.50. The zero-order valence-corrected chi connectivity index (χ0v) is 14.9. The molecule has 1 N–H and O–H groups in total. The molecule has 25 heavy (non-hydrogen) atoms. The summed E-state index contributed by atoms with van der Waals surface area (Å²) >= 11 is 0. The SMILES string of the molecule is Cc1nc(-c2ccc(S(=O)(=O)N3CC(C(=O)O)CCC3C)cc2)co1. The van der Waals surface area contributed by atoms with Crippen LogP contribution in [0.15, 0.2) is 39.8 Å². The molecule has 2 unspecified atom stereocenters. The number of hydrogen-bond acceptors (Lipinski definition) is 5. The van der Waals surface area contributed by atoms with E-state index in [2.05, 4.69) is 4.98 Å². The van der Waals surface area contributed by atoms with E-state index in [1.807, 2.05) is 6.92 Å². The number of hydrogen-bond donors (Lipinski definition) is 1. The van der Waals surface area contributed by atoms with E-state index < -0.39 is 21.9 Å². The third kappa shape index (κ3) is 3.45. The number of benzene rings is 1. The van der Waals surface area contributed by atoms with E-state index >= 15 is 0 Å². The van der Waals surface area contributed by atoms with Crippen LogP contribution in [0.1, 0.15) is 25.7 Å². The second kappa shape index (κ2) is 6.61. The lowest BCUT2D eigenvalue weighted by Gasteiger charge is -2.35. The standard InChI is InChI=1S/C17H20N2O5S/c1-11-3-4-14(17(20)21)9-19(11)25(22,23)15-7-5-13(6-8-15)16-10-24-12(2)18-16/h5-8,10-11,14H,3-4,9H2,1-2H3,(H,20,21). The molecule has 1 aromatic carbocycles. The van der Waals surface area contributed by atoms with Crippen molar-refractivity contribution < 1.29 is 22.7 Å². The van der Waals surface area contributed by atoms with Gasteiger partial charge in [-0.3, -0.25) is 4.79 Å². The van der Waals surface area contributed by atoms with Gasteiger partial charge in [0.1, 0.15) is 12.0 Å². The molecule has 1 saturated heterocycles. The van der Waals surface area contributed by atoms with Crippen molar-refractivity contribution in [1.29, 1.82) is 0 Å². The summed E-state index contributed by atoms with van der Waals surface area (Å²) < 4.78 is 32.3.